The number of alkyl halides is 6. The first-order valence-corrected chi connectivity index (χ1v) is 15.2. The van der Waals surface area contributed by atoms with Gasteiger partial charge >= 0.3 is 18.4 Å². The van der Waals surface area contributed by atoms with Crippen molar-refractivity contribution in [3.05, 3.63) is 75.6 Å². The van der Waals surface area contributed by atoms with Crippen LogP contribution in [0.5, 0.6) is 5.75 Å². The van der Waals surface area contributed by atoms with Gasteiger partial charge in [0.25, 0.3) is 0 Å². The summed E-state index contributed by atoms with van der Waals surface area (Å²) in [5.41, 5.74) is -0.124. The molecule has 254 valence electrons. The number of nitrogens with one attached hydrogen (secondary N) is 1. The number of methoxy groups -OCH3 is 1. The van der Waals surface area contributed by atoms with Gasteiger partial charge in [0.2, 0.25) is 0 Å². The summed E-state index contributed by atoms with van der Waals surface area (Å²) in [6.07, 6.45) is -9.49. The maximum Gasteiger partial charge on any atom is 0.416 e. The lowest BCUT2D eigenvalue weighted by Gasteiger charge is -2.36. The van der Waals surface area contributed by atoms with Crippen LogP contribution in [0, 0.1) is 5.41 Å². The number of cyclic esters (lactones) is 1. The molecule has 0 bridgehead atoms. The van der Waals surface area contributed by atoms with Gasteiger partial charge in [0.05, 0.1) is 24.3 Å². The normalized spacial score (nSPS) is 20.5. The van der Waals surface area contributed by atoms with Gasteiger partial charge in [0, 0.05) is 17.5 Å². The third kappa shape index (κ3) is 7.25. The Balaban J connectivity index is 1.51. The molecule has 2 atom stereocenters. The molecule has 14 heteroatoms. The minimum absolute atomic E-state index is 0.0642. The summed E-state index contributed by atoms with van der Waals surface area (Å²) < 4.78 is 92.8. The monoisotopic (exact) mass is 665 g/mol. The third-order valence-corrected chi connectivity index (χ3v) is 9.05. The van der Waals surface area contributed by atoms with Crippen molar-refractivity contribution < 1.29 is 40.6 Å². The first kappa shape index (κ1) is 34.2. The molecule has 5 rings (SSSR count). The van der Waals surface area contributed by atoms with Crippen molar-refractivity contribution >= 4 is 11.7 Å². The number of amides is 1. The number of hydrogen-bond donors (Lipinski definition) is 1. The smallest absolute Gasteiger partial charge is 0.416 e. The summed E-state index contributed by atoms with van der Waals surface area (Å²) in [5, 5.41) is 14.5. The highest BCUT2D eigenvalue weighted by atomic mass is 19.4. The van der Waals surface area contributed by atoms with Gasteiger partial charge < -0.3 is 9.47 Å². The third-order valence-electron chi connectivity index (χ3n) is 9.05. The number of nitrogens with zero attached hydrogens (tertiary/aromatic N) is 4. The number of aromatic amines is 1. The Morgan fingerprint density at radius 2 is 1.70 bits per heavy atom. The standard InChI is InChI=1S/C33H37F6N5O3/c1-18-27(20-12-22(32(34,35)36)14-23(13-20)33(37,38)39)47-29(45)44(18)17-21-16-30(2,3)10-9-24(21)25-11-19(7-8-26(25)46-6)15-31(4,5)28-40-42-43-41-28/h7-8,11-14,18,27H,9-10,15-17H2,1-6H3,(H,40,41,42,43)/t18-,27-/m0/s1. The van der Waals surface area contributed by atoms with Gasteiger partial charge in [0.15, 0.2) is 5.82 Å². The van der Waals surface area contributed by atoms with Crippen LogP contribution in [0.25, 0.3) is 5.57 Å². The molecule has 2 heterocycles. The maximum atomic E-state index is 13.6. The Morgan fingerprint density at radius 3 is 2.28 bits per heavy atom. The van der Waals surface area contributed by atoms with E-state index >= 15 is 0 Å². The van der Waals surface area contributed by atoms with E-state index in [1.165, 1.54) is 4.90 Å². The second-order valence-corrected chi connectivity index (χ2v) is 13.8. The minimum atomic E-state index is -5.02. The number of carbonyl (C=O) groups excluding carboxylic acids is 1. The number of ether oxygens (including phenoxy) is 2. The first-order chi connectivity index (χ1) is 21.8. The van der Waals surface area contributed by atoms with Gasteiger partial charge in [-0.3, -0.25) is 4.90 Å². The van der Waals surface area contributed by atoms with Crippen LogP contribution in [-0.2, 0) is 28.9 Å². The zero-order chi connectivity index (χ0) is 34.5. The summed E-state index contributed by atoms with van der Waals surface area (Å²) in [6, 6.07) is 6.35. The summed E-state index contributed by atoms with van der Waals surface area (Å²) >= 11 is 0. The van der Waals surface area contributed by atoms with Gasteiger partial charge in [-0.05, 0) is 90.6 Å². The molecule has 0 spiro atoms. The van der Waals surface area contributed by atoms with Gasteiger partial charge in [-0.1, -0.05) is 39.0 Å². The Hall–Kier alpha value is -4.10. The SMILES string of the molecule is COc1ccc(CC(C)(C)c2nn[nH]n2)cc1C1=C(CN2C(=O)O[C@H](c3cc(C(F)(F)F)cc(C(F)(F)F)c3)[C@@H]2C)CC(C)(C)CC1. The Morgan fingerprint density at radius 1 is 1.04 bits per heavy atom. The lowest BCUT2D eigenvalue weighted by atomic mass is 9.72. The average Bonchev–Trinajstić information content (AvgIpc) is 3.61. The highest BCUT2D eigenvalue weighted by Gasteiger charge is 2.44. The van der Waals surface area contributed by atoms with E-state index in [0.717, 1.165) is 28.7 Å². The average molecular weight is 666 g/mol. The molecule has 47 heavy (non-hydrogen) atoms. The van der Waals surface area contributed by atoms with Crippen LogP contribution in [0.15, 0.2) is 42.0 Å². The summed E-state index contributed by atoms with van der Waals surface area (Å²) in [7, 11) is 1.57. The Kier molecular flexibility index (Phi) is 8.86. The van der Waals surface area contributed by atoms with E-state index in [-0.39, 0.29) is 23.6 Å². The topological polar surface area (TPSA) is 93.2 Å². The molecular formula is C33H37F6N5O3. The number of H-pyrrole nitrogens is 1. The number of halogens is 6. The molecule has 1 fully saturated rings. The quantitative estimate of drug-likeness (QED) is 0.243. The van der Waals surface area contributed by atoms with Crippen molar-refractivity contribution in [1.29, 1.82) is 0 Å². The van der Waals surface area contributed by atoms with Crippen molar-refractivity contribution in [2.24, 2.45) is 5.41 Å². The molecule has 1 aliphatic carbocycles. The van der Waals surface area contributed by atoms with E-state index in [0.29, 0.717) is 43.0 Å². The van der Waals surface area contributed by atoms with E-state index in [9.17, 15) is 31.1 Å². The van der Waals surface area contributed by atoms with Gasteiger partial charge in [-0.15, -0.1) is 10.2 Å². The van der Waals surface area contributed by atoms with Gasteiger partial charge in [0.1, 0.15) is 11.9 Å². The molecule has 1 N–H and O–H groups in total. The van der Waals surface area contributed by atoms with Crippen LogP contribution < -0.4 is 4.74 Å². The lowest BCUT2D eigenvalue weighted by molar-refractivity contribution is -0.143. The number of carbonyl (C=O) groups is 1. The predicted octanol–water partition coefficient (Wildman–Crippen LogP) is 8.31. The summed E-state index contributed by atoms with van der Waals surface area (Å²) in [5.74, 6) is 1.20. The summed E-state index contributed by atoms with van der Waals surface area (Å²) in [4.78, 5) is 14.6. The zero-order valence-electron chi connectivity index (χ0n) is 26.9. The van der Waals surface area contributed by atoms with E-state index < -0.39 is 47.1 Å². The Labute approximate surface area is 268 Å². The van der Waals surface area contributed by atoms with E-state index in [4.69, 9.17) is 9.47 Å². The number of hydrogen-bond acceptors (Lipinski definition) is 6. The largest absolute Gasteiger partial charge is 0.496 e. The summed E-state index contributed by atoms with van der Waals surface area (Å²) in [6.45, 7) is 9.89. The van der Waals surface area contributed by atoms with E-state index in [1.807, 2.05) is 32.0 Å². The molecule has 2 aromatic carbocycles. The molecule has 8 nitrogen and oxygen atoms in total. The van der Waals surface area contributed by atoms with Gasteiger partial charge in [-0.2, -0.15) is 31.6 Å². The fourth-order valence-corrected chi connectivity index (χ4v) is 6.54. The molecule has 1 aliphatic heterocycles. The second-order valence-electron chi connectivity index (χ2n) is 13.8. The Bertz CT molecular complexity index is 1630. The van der Waals surface area contributed by atoms with Crippen molar-refractivity contribution in [3.8, 4) is 5.75 Å². The van der Waals surface area contributed by atoms with Crippen LogP contribution in [0.4, 0.5) is 31.1 Å². The molecule has 1 aromatic heterocycles. The van der Waals surface area contributed by atoms with Crippen molar-refractivity contribution in [2.75, 3.05) is 13.7 Å². The predicted molar refractivity (Wildman–Crippen MR) is 160 cm³/mol. The first-order valence-electron chi connectivity index (χ1n) is 15.2. The lowest BCUT2D eigenvalue weighted by Crippen LogP contribution is -2.35. The number of tetrazole rings is 1. The van der Waals surface area contributed by atoms with Gasteiger partial charge in [-0.25, -0.2) is 4.79 Å². The molecule has 1 saturated heterocycles. The van der Waals surface area contributed by atoms with Crippen molar-refractivity contribution in [1.82, 2.24) is 25.5 Å². The second kappa shape index (κ2) is 12.2. The van der Waals surface area contributed by atoms with Crippen molar-refractivity contribution in [3.63, 3.8) is 0 Å². The molecule has 0 unspecified atom stereocenters. The van der Waals surface area contributed by atoms with Crippen LogP contribution in [0.2, 0.25) is 0 Å². The highest BCUT2D eigenvalue weighted by Crippen LogP contribution is 2.47. The van der Waals surface area contributed by atoms with Crippen LogP contribution in [0.1, 0.15) is 93.6 Å². The number of allylic oxidation sites excluding steroid dienone is 1. The van der Waals surface area contributed by atoms with Crippen LogP contribution in [-0.4, -0.2) is 51.3 Å². The molecule has 0 radical (unpaired) electrons. The zero-order valence-corrected chi connectivity index (χ0v) is 26.9. The maximum absolute atomic E-state index is 13.6. The van der Waals surface area contributed by atoms with Crippen molar-refractivity contribution in [2.45, 2.75) is 90.2 Å². The van der Waals surface area contributed by atoms with E-state index in [1.54, 1.807) is 14.0 Å². The minimum Gasteiger partial charge on any atom is -0.496 e. The molecular weight excluding hydrogens is 628 g/mol. The van der Waals surface area contributed by atoms with Crippen LogP contribution >= 0.6 is 0 Å². The fourth-order valence-electron chi connectivity index (χ4n) is 6.54. The molecule has 3 aromatic rings. The number of benzene rings is 2. The van der Waals surface area contributed by atoms with E-state index in [2.05, 4.69) is 34.5 Å². The highest BCUT2D eigenvalue weighted by molar-refractivity contribution is 5.77. The number of rotatable bonds is 8. The fraction of sp³-hybridized carbons (Fsp3) is 0.515. The molecule has 2 aliphatic rings. The van der Waals surface area contributed by atoms with Crippen LogP contribution in [0.3, 0.4) is 0 Å². The number of aromatic nitrogens is 4. The molecule has 1 amide bonds. The molecule has 0 saturated carbocycles.